The van der Waals surface area contributed by atoms with Gasteiger partial charge >= 0.3 is 0 Å². The van der Waals surface area contributed by atoms with E-state index >= 15 is 0 Å². The predicted octanol–water partition coefficient (Wildman–Crippen LogP) is 3.34. The van der Waals surface area contributed by atoms with Gasteiger partial charge in [-0.1, -0.05) is 38.1 Å². The van der Waals surface area contributed by atoms with Crippen molar-refractivity contribution in [2.75, 3.05) is 14.1 Å². The number of rotatable bonds is 5. The van der Waals surface area contributed by atoms with Gasteiger partial charge in [-0.3, -0.25) is 0 Å². The van der Waals surface area contributed by atoms with Crippen LogP contribution in [-0.4, -0.2) is 19.0 Å². The molecule has 0 aliphatic carbocycles. The summed E-state index contributed by atoms with van der Waals surface area (Å²) < 4.78 is 0. The highest BCUT2D eigenvalue weighted by Crippen LogP contribution is 2.11. The van der Waals surface area contributed by atoms with Gasteiger partial charge in [0.15, 0.2) is 0 Å². The van der Waals surface area contributed by atoms with Crippen LogP contribution in [0.25, 0.3) is 0 Å². The standard InChI is InChI=1S/C14H23N/c1-12(2)8-9-13-6-5-7-14(10-13)11-15(3)4/h5-7,10,12H,8-9,11H2,1-4H3. The summed E-state index contributed by atoms with van der Waals surface area (Å²) in [6.45, 7) is 5.60. The van der Waals surface area contributed by atoms with Crippen molar-refractivity contribution in [3.63, 3.8) is 0 Å². The highest BCUT2D eigenvalue weighted by molar-refractivity contribution is 5.23. The van der Waals surface area contributed by atoms with E-state index in [1.165, 1.54) is 24.0 Å². The first-order valence-corrected chi connectivity index (χ1v) is 5.80. The second kappa shape index (κ2) is 5.92. The molecule has 1 rings (SSSR count). The minimum absolute atomic E-state index is 0.794. The summed E-state index contributed by atoms with van der Waals surface area (Å²) in [4.78, 5) is 2.21. The molecule has 15 heavy (non-hydrogen) atoms. The van der Waals surface area contributed by atoms with Gasteiger partial charge in [-0.05, 0) is 44.0 Å². The molecule has 1 aromatic carbocycles. The van der Waals surface area contributed by atoms with Gasteiger partial charge in [0.1, 0.15) is 0 Å². The lowest BCUT2D eigenvalue weighted by molar-refractivity contribution is 0.402. The molecule has 1 aromatic rings. The van der Waals surface area contributed by atoms with E-state index in [9.17, 15) is 0 Å². The Morgan fingerprint density at radius 3 is 2.40 bits per heavy atom. The number of hydrogen-bond acceptors (Lipinski definition) is 1. The van der Waals surface area contributed by atoms with Gasteiger partial charge < -0.3 is 4.90 Å². The zero-order valence-electron chi connectivity index (χ0n) is 10.5. The van der Waals surface area contributed by atoms with E-state index in [1.807, 2.05) is 0 Å². The molecule has 0 spiro atoms. The summed E-state index contributed by atoms with van der Waals surface area (Å²) in [6.07, 6.45) is 2.49. The molecule has 84 valence electrons. The summed E-state index contributed by atoms with van der Waals surface area (Å²) >= 11 is 0. The maximum absolute atomic E-state index is 2.34. The van der Waals surface area contributed by atoms with Crippen LogP contribution in [0.1, 0.15) is 31.4 Å². The summed E-state index contributed by atoms with van der Waals surface area (Å²) in [5.74, 6) is 0.794. The number of aryl methyl sites for hydroxylation is 1. The average molecular weight is 205 g/mol. The lowest BCUT2D eigenvalue weighted by Crippen LogP contribution is -2.10. The number of hydrogen-bond donors (Lipinski definition) is 0. The fourth-order valence-electron chi connectivity index (χ4n) is 1.70. The quantitative estimate of drug-likeness (QED) is 0.712. The van der Waals surface area contributed by atoms with Crippen molar-refractivity contribution in [2.45, 2.75) is 33.2 Å². The smallest absolute Gasteiger partial charge is 0.0227 e. The van der Waals surface area contributed by atoms with Crippen LogP contribution in [0.5, 0.6) is 0 Å². The van der Waals surface area contributed by atoms with Crippen LogP contribution in [0.2, 0.25) is 0 Å². The Kier molecular flexibility index (Phi) is 4.83. The highest BCUT2D eigenvalue weighted by atomic mass is 15.0. The molecule has 0 unspecified atom stereocenters. The summed E-state index contributed by atoms with van der Waals surface area (Å²) in [5.41, 5.74) is 2.89. The SMILES string of the molecule is CC(C)CCc1cccc(CN(C)C)c1. The fourth-order valence-corrected chi connectivity index (χ4v) is 1.70. The maximum Gasteiger partial charge on any atom is 0.0227 e. The summed E-state index contributed by atoms with van der Waals surface area (Å²) in [7, 11) is 4.22. The molecular weight excluding hydrogens is 182 g/mol. The van der Waals surface area contributed by atoms with E-state index in [0.717, 1.165) is 12.5 Å². The largest absolute Gasteiger partial charge is 0.305 e. The Labute approximate surface area is 94.1 Å². The first-order chi connectivity index (χ1) is 7.08. The minimum atomic E-state index is 0.794. The zero-order chi connectivity index (χ0) is 11.3. The molecule has 0 aromatic heterocycles. The van der Waals surface area contributed by atoms with Crippen molar-refractivity contribution >= 4 is 0 Å². The first kappa shape index (κ1) is 12.3. The third-order valence-electron chi connectivity index (χ3n) is 2.50. The van der Waals surface area contributed by atoms with E-state index in [2.05, 4.69) is 57.1 Å². The van der Waals surface area contributed by atoms with Crippen molar-refractivity contribution in [1.29, 1.82) is 0 Å². The van der Waals surface area contributed by atoms with E-state index in [0.29, 0.717) is 0 Å². The molecule has 1 heteroatoms. The Morgan fingerprint density at radius 2 is 1.80 bits per heavy atom. The lowest BCUT2D eigenvalue weighted by Gasteiger charge is -2.11. The van der Waals surface area contributed by atoms with Gasteiger partial charge in [-0.2, -0.15) is 0 Å². The van der Waals surface area contributed by atoms with E-state index in [-0.39, 0.29) is 0 Å². The van der Waals surface area contributed by atoms with E-state index < -0.39 is 0 Å². The van der Waals surface area contributed by atoms with Gasteiger partial charge in [-0.25, -0.2) is 0 Å². The van der Waals surface area contributed by atoms with Crippen LogP contribution >= 0.6 is 0 Å². The van der Waals surface area contributed by atoms with Crippen molar-refractivity contribution in [2.24, 2.45) is 5.92 Å². The van der Waals surface area contributed by atoms with E-state index in [1.54, 1.807) is 0 Å². The topological polar surface area (TPSA) is 3.24 Å². The normalized spacial score (nSPS) is 11.3. The molecule has 0 saturated heterocycles. The fraction of sp³-hybridized carbons (Fsp3) is 0.571. The molecule has 0 aliphatic heterocycles. The molecule has 0 amide bonds. The van der Waals surface area contributed by atoms with Gasteiger partial charge in [0.2, 0.25) is 0 Å². The van der Waals surface area contributed by atoms with Crippen molar-refractivity contribution in [1.82, 2.24) is 4.90 Å². The molecule has 0 atom stereocenters. The van der Waals surface area contributed by atoms with Crippen LogP contribution in [0.3, 0.4) is 0 Å². The van der Waals surface area contributed by atoms with Crippen LogP contribution in [0, 0.1) is 5.92 Å². The first-order valence-electron chi connectivity index (χ1n) is 5.80. The Bertz CT molecular complexity index is 289. The van der Waals surface area contributed by atoms with Crippen molar-refractivity contribution < 1.29 is 0 Å². The Balaban J connectivity index is 2.57. The molecule has 0 bridgehead atoms. The molecule has 0 aliphatic rings. The van der Waals surface area contributed by atoms with Crippen LogP contribution in [0.15, 0.2) is 24.3 Å². The third-order valence-corrected chi connectivity index (χ3v) is 2.50. The average Bonchev–Trinajstić information content (AvgIpc) is 2.14. The van der Waals surface area contributed by atoms with Crippen LogP contribution < -0.4 is 0 Å². The minimum Gasteiger partial charge on any atom is -0.305 e. The summed E-state index contributed by atoms with van der Waals surface area (Å²) in [6, 6.07) is 8.96. The van der Waals surface area contributed by atoms with Gasteiger partial charge in [-0.15, -0.1) is 0 Å². The number of nitrogens with zero attached hydrogens (tertiary/aromatic N) is 1. The lowest BCUT2D eigenvalue weighted by atomic mass is 10.0. The second-order valence-electron chi connectivity index (χ2n) is 4.99. The molecule has 1 nitrogen and oxygen atoms in total. The number of benzene rings is 1. The van der Waals surface area contributed by atoms with E-state index in [4.69, 9.17) is 0 Å². The second-order valence-corrected chi connectivity index (χ2v) is 4.99. The van der Waals surface area contributed by atoms with Gasteiger partial charge in [0, 0.05) is 6.54 Å². The Morgan fingerprint density at radius 1 is 1.13 bits per heavy atom. The highest BCUT2D eigenvalue weighted by Gasteiger charge is 1.99. The monoisotopic (exact) mass is 205 g/mol. The zero-order valence-corrected chi connectivity index (χ0v) is 10.5. The third kappa shape index (κ3) is 4.98. The van der Waals surface area contributed by atoms with Crippen LogP contribution in [-0.2, 0) is 13.0 Å². The predicted molar refractivity (Wildman–Crippen MR) is 67.0 cm³/mol. The molecule has 0 radical (unpaired) electrons. The van der Waals surface area contributed by atoms with Gasteiger partial charge in [0.25, 0.3) is 0 Å². The summed E-state index contributed by atoms with van der Waals surface area (Å²) in [5, 5.41) is 0. The van der Waals surface area contributed by atoms with Crippen molar-refractivity contribution in [3.8, 4) is 0 Å². The molecular formula is C14H23N. The molecule has 0 saturated carbocycles. The van der Waals surface area contributed by atoms with Gasteiger partial charge in [0.05, 0.1) is 0 Å². The molecule has 0 fully saturated rings. The van der Waals surface area contributed by atoms with Crippen molar-refractivity contribution in [3.05, 3.63) is 35.4 Å². The Hall–Kier alpha value is -0.820. The maximum atomic E-state index is 2.34. The van der Waals surface area contributed by atoms with Crippen LogP contribution in [0.4, 0.5) is 0 Å². The molecule has 0 N–H and O–H groups in total. The molecule has 0 heterocycles.